The molecule has 3 N–H and O–H groups in total. The van der Waals surface area contributed by atoms with E-state index in [0.29, 0.717) is 18.5 Å². The standard InChI is InChI=1S/C12H23N7/c1-3-19-6-4-5-10(19)7-14-12(13)15-8-11-9-16-17-18(11)2/h9-10H,3-8H2,1-2H3,(H3,13,14,15). The van der Waals surface area contributed by atoms with E-state index in [1.807, 2.05) is 7.05 Å². The minimum atomic E-state index is 0.490. The van der Waals surface area contributed by atoms with Crippen molar-refractivity contribution in [1.82, 2.24) is 25.2 Å². The summed E-state index contributed by atoms with van der Waals surface area (Å²) in [6, 6.07) is 0.581. The summed E-state index contributed by atoms with van der Waals surface area (Å²) >= 11 is 0. The fraction of sp³-hybridized carbons (Fsp3) is 0.750. The Kier molecular flexibility index (Phi) is 4.73. The van der Waals surface area contributed by atoms with Crippen LogP contribution in [0.1, 0.15) is 25.5 Å². The van der Waals surface area contributed by atoms with Gasteiger partial charge in [-0.15, -0.1) is 5.10 Å². The van der Waals surface area contributed by atoms with Gasteiger partial charge in [0.05, 0.1) is 18.4 Å². The molecule has 1 aromatic rings. The first-order chi connectivity index (χ1) is 9.20. The lowest BCUT2D eigenvalue weighted by molar-refractivity contribution is 0.267. The molecule has 0 bridgehead atoms. The number of likely N-dealkylation sites (tertiary alicyclic amines) is 1. The van der Waals surface area contributed by atoms with Crippen LogP contribution in [0.5, 0.6) is 0 Å². The maximum absolute atomic E-state index is 5.88. The Labute approximate surface area is 113 Å². The second-order valence-corrected chi connectivity index (χ2v) is 4.86. The van der Waals surface area contributed by atoms with Gasteiger partial charge in [0, 0.05) is 19.6 Å². The van der Waals surface area contributed by atoms with Gasteiger partial charge in [-0.2, -0.15) is 0 Å². The zero-order valence-electron chi connectivity index (χ0n) is 11.7. The Morgan fingerprint density at radius 3 is 3.16 bits per heavy atom. The van der Waals surface area contributed by atoms with Crippen LogP contribution in [0, 0.1) is 0 Å². The molecule has 1 atom stereocenters. The number of likely N-dealkylation sites (N-methyl/N-ethyl adjacent to an activating group) is 1. The zero-order valence-corrected chi connectivity index (χ0v) is 11.7. The van der Waals surface area contributed by atoms with Crippen LogP contribution >= 0.6 is 0 Å². The predicted octanol–water partition coefficient (Wildman–Crippen LogP) is -0.296. The van der Waals surface area contributed by atoms with Gasteiger partial charge in [0.15, 0.2) is 5.96 Å². The summed E-state index contributed by atoms with van der Waals surface area (Å²) in [4.78, 5) is 6.78. The topological polar surface area (TPSA) is 84.4 Å². The zero-order chi connectivity index (χ0) is 13.7. The minimum absolute atomic E-state index is 0.490. The molecule has 1 aromatic heterocycles. The molecule has 0 saturated carbocycles. The normalized spacial score (nSPS) is 20.9. The molecule has 106 valence electrons. The van der Waals surface area contributed by atoms with Crippen LogP contribution in [0.2, 0.25) is 0 Å². The number of nitrogens with zero attached hydrogens (tertiary/aromatic N) is 5. The summed E-state index contributed by atoms with van der Waals surface area (Å²) in [7, 11) is 1.85. The maximum Gasteiger partial charge on any atom is 0.189 e. The third-order valence-corrected chi connectivity index (χ3v) is 3.64. The molecule has 1 unspecified atom stereocenters. The van der Waals surface area contributed by atoms with Gasteiger partial charge >= 0.3 is 0 Å². The van der Waals surface area contributed by atoms with Gasteiger partial charge in [-0.25, -0.2) is 4.99 Å². The number of rotatable bonds is 5. The first-order valence-corrected chi connectivity index (χ1v) is 6.82. The van der Waals surface area contributed by atoms with Gasteiger partial charge in [0.25, 0.3) is 0 Å². The smallest absolute Gasteiger partial charge is 0.189 e. The highest BCUT2D eigenvalue weighted by Gasteiger charge is 2.22. The van der Waals surface area contributed by atoms with Crippen LogP contribution in [0.4, 0.5) is 0 Å². The maximum atomic E-state index is 5.88. The molecule has 0 radical (unpaired) electrons. The van der Waals surface area contributed by atoms with E-state index in [-0.39, 0.29) is 0 Å². The van der Waals surface area contributed by atoms with E-state index in [1.54, 1.807) is 10.9 Å². The molecule has 1 fully saturated rings. The lowest BCUT2D eigenvalue weighted by atomic mass is 10.2. The van der Waals surface area contributed by atoms with E-state index in [4.69, 9.17) is 5.73 Å². The van der Waals surface area contributed by atoms with Gasteiger partial charge in [-0.3, -0.25) is 9.58 Å². The molecule has 2 rings (SSSR count). The highest BCUT2D eigenvalue weighted by molar-refractivity contribution is 5.77. The summed E-state index contributed by atoms with van der Waals surface area (Å²) in [5.41, 5.74) is 6.82. The Bertz CT molecular complexity index is 425. The van der Waals surface area contributed by atoms with Gasteiger partial charge in [0.2, 0.25) is 0 Å². The SMILES string of the molecule is CCN1CCCC1CNC(N)=NCc1cnnn1C. The fourth-order valence-electron chi connectivity index (χ4n) is 2.44. The molecule has 1 aliphatic heterocycles. The highest BCUT2D eigenvalue weighted by Crippen LogP contribution is 2.15. The number of aryl methyl sites for hydroxylation is 1. The molecular formula is C12H23N7. The molecule has 1 aliphatic rings. The molecule has 0 amide bonds. The Morgan fingerprint density at radius 1 is 1.63 bits per heavy atom. The van der Waals surface area contributed by atoms with Crippen molar-refractivity contribution in [3.63, 3.8) is 0 Å². The Balaban J connectivity index is 1.77. The average molecular weight is 265 g/mol. The number of nitrogens with two attached hydrogens (primary N) is 1. The first kappa shape index (κ1) is 13.8. The van der Waals surface area contributed by atoms with Crippen molar-refractivity contribution in [2.24, 2.45) is 17.8 Å². The van der Waals surface area contributed by atoms with Gasteiger partial charge in [-0.05, 0) is 25.9 Å². The third-order valence-electron chi connectivity index (χ3n) is 3.64. The van der Waals surface area contributed by atoms with Crippen molar-refractivity contribution < 1.29 is 0 Å². The quantitative estimate of drug-likeness (QED) is 0.564. The molecule has 0 spiro atoms. The van der Waals surface area contributed by atoms with E-state index >= 15 is 0 Å². The largest absolute Gasteiger partial charge is 0.370 e. The van der Waals surface area contributed by atoms with E-state index in [1.165, 1.54) is 19.4 Å². The van der Waals surface area contributed by atoms with E-state index in [0.717, 1.165) is 18.8 Å². The van der Waals surface area contributed by atoms with E-state index in [9.17, 15) is 0 Å². The monoisotopic (exact) mass is 265 g/mol. The molecule has 0 aromatic carbocycles. The van der Waals surface area contributed by atoms with Crippen LogP contribution in [-0.4, -0.2) is 51.5 Å². The average Bonchev–Trinajstić information content (AvgIpc) is 3.02. The first-order valence-electron chi connectivity index (χ1n) is 6.82. The van der Waals surface area contributed by atoms with Crippen LogP contribution in [0.15, 0.2) is 11.2 Å². The third kappa shape index (κ3) is 3.66. The van der Waals surface area contributed by atoms with Crippen LogP contribution in [-0.2, 0) is 13.6 Å². The van der Waals surface area contributed by atoms with Crippen LogP contribution in [0.3, 0.4) is 0 Å². The number of guanidine groups is 1. The van der Waals surface area contributed by atoms with Gasteiger partial charge in [-0.1, -0.05) is 12.1 Å². The second-order valence-electron chi connectivity index (χ2n) is 4.86. The van der Waals surface area contributed by atoms with Crippen molar-refractivity contribution in [2.45, 2.75) is 32.4 Å². The molecule has 1 saturated heterocycles. The van der Waals surface area contributed by atoms with Crippen LogP contribution in [0.25, 0.3) is 0 Å². The number of aromatic nitrogens is 3. The number of hydrogen-bond donors (Lipinski definition) is 2. The van der Waals surface area contributed by atoms with Crippen molar-refractivity contribution in [3.8, 4) is 0 Å². The molecule has 19 heavy (non-hydrogen) atoms. The summed E-state index contributed by atoms with van der Waals surface area (Å²) in [6.07, 6.45) is 4.21. The lowest BCUT2D eigenvalue weighted by Crippen LogP contribution is -2.42. The van der Waals surface area contributed by atoms with Gasteiger partial charge in [0.1, 0.15) is 0 Å². The molecule has 7 heteroatoms. The van der Waals surface area contributed by atoms with Gasteiger partial charge < -0.3 is 11.1 Å². The lowest BCUT2D eigenvalue weighted by Gasteiger charge is -2.23. The molecule has 0 aliphatic carbocycles. The molecular weight excluding hydrogens is 242 g/mol. The fourth-order valence-corrected chi connectivity index (χ4v) is 2.44. The van der Waals surface area contributed by atoms with E-state index < -0.39 is 0 Å². The second kappa shape index (κ2) is 6.51. The van der Waals surface area contributed by atoms with Crippen molar-refractivity contribution in [1.29, 1.82) is 0 Å². The summed E-state index contributed by atoms with van der Waals surface area (Å²) in [5, 5.41) is 10.9. The van der Waals surface area contributed by atoms with Crippen molar-refractivity contribution >= 4 is 5.96 Å². The predicted molar refractivity (Wildman–Crippen MR) is 74.6 cm³/mol. The molecule has 7 nitrogen and oxygen atoms in total. The number of aliphatic imine (C=N–C) groups is 1. The highest BCUT2D eigenvalue weighted by atomic mass is 15.4. The van der Waals surface area contributed by atoms with Crippen LogP contribution < -0.4 is 11.1 Å². The summed E-state index contributed by atoms with van der Waals surface area (Å²) < 4.78 is 1.70. The van der Waals surface area contributed by atoms with Crippen molar-refractivity contribution in [3.05, 3.63) is 11.9 Å². The summed E-state index contributed by atoms with van der Waals surface area (Å²) in [6.45, 7) is 5.87. The number of hydrogen-bond acceptors (Lipinski definition) is 4. The molecule has 2 heterocycles. The minimum Gasteiger partial charge on any atom is -0.370 e. The summed E-state index contributed by atoms with van der Waals surface area (Å²) in [5.74, 6) is 0.490. The van der Waals surface area contributed by atoms with E-state index in [2.05, 4.69) is 32.4 Å². The Morgan fingerprint density at radius 2 is 2.47 bits per heavy atom. The van der Waals surface area contributed by atoms with Crippen molar-refractivity contribution in [2.75, 3.05) is 19.6 Å². The number of nitrogens with one attached hydrogen (secondary N) is 1. The Hall–Kier alpha value is -1.63.